The molecule has 0 bridgehead atoms. The number of hydrogen-bond acceptors (Lipinski definition) is 8. The minimum Gasteiger partial charge on any atom is -0.872 e. The van der Waals surface area contributed by atoms with E-state index in [4.69, 9.17) is 10.8 Å². The van der Waals surface area contributed by atoms with E-state index in [1.807, 2.05) is 38.1 Å². The molecule has 0 radical (unpaired) electrons. The fourth-order valence-corrected chi connectivity index (χ4v) is 3.32. The summed E-state index contributed by atoms with van der Waals surface area (Å²) in [5.74, 6) is 0.241. The normalized spacial score (nSPS) is 10.8. The van der Waals surface area contributed by atoms with Crippen LogP contribution in [0.15, 0.2) is 48.5 Å². The van der Waals surface area contributed by atoms with Crippen LogP contribution in [0.3, 0.4) is 0 Å². The first-order valence-corrected chi connectivity index (χ1v) is 13.2. The molecule has 2 atom stereocenters. The van der Waals surface area contributed by atoms with Gasteiger partial charge < -0.3 is 41.5 Å². The Hall–Kier alpha value is -1.53. The van der Waals surface area contributed by atoms with Crippen LogP contribution in [0.1, 0.15) is 49.9 Å². The minimum absolute atomic E-state index is 0. The van der Waals surface area contributed by atoms with Gasteiger partial charge in [0.25, 0.3) is 0 Å². The number of thiocarbonyl (C=S) groups is 2. The van der Waals surface area contributed by atoms with Crippen molar-refractivity contribution in [2.45, 2.75) is 38.8 Å². The predicted octanol–water partition coefficient (Wildman–Crippen LogP) is 4.04. The molecule has 8 nitrogen and oxygen atoms in total. The average Bonchev–Trinajstić information content (AvgIpc) is 2.86. The van der Waals surface area contributed by atoms with Gasteiger partial charge in [0.2, 0.25) is 0 Å². The average molecular weight is 676 g/mol. The molecule has 40 heavy (non-hydrogen) atoms. The molecular weight excluding hydrogens is 634 g/mol. The van der Waals surface area contributed by atoms with Crippen LogP contribution in [0.2, 0.25) is 0 Å². The smallest absolute Gasteiger partial charge is 0.872 e. The summed E-state index contributed by atoms with van der Waals surface area (Å²) in [5, 5.41) is 46.8. The molecule has 0 saturated carbocycles. The van der Waals surface area contributed by atoms with Crippen molar-refractivity contribution in [2.75, 3.05) is 54.4 Å². The molecule has 0 spiro atoms. The van der Waals surface area contributed by atoms with Crippen LogP contribution in [0.4, 0.5) is 0 Å². The van der Waals surface area contributed by atoms with Gasteiger partial charge in [-0.3, -0.25) is 0 Å². The summed E-state index contributed by atoms with van der Waals surface area (Å²) in [6.45, 7) is 8.08. The first-order valence-electron chi connectivity index (χ1n) is 12.4. The van der Waals surface area contributed by atoms with Gasteiger partial charge in [0, 0.05) is 12.1 Å². The van der Waals surface area contributed by atoms with E-state index in [9.17, 15) is 10.2 Å². The molecule has 0 aliphatic rings. The molecule has 228 valence electrons. The number of nitrogens with zero attached hydrogens (tertiary/aromatic N) is 4. The number of para-hydroxylation sites is 2. The quantitative estimate of drug-likeness (QED) is 0.150. The largest absolute Gasteiger partial charge is 2.00 e. The van der Waals surface area contributed by atoms with Crippen LogP contribution in [0.25, 0.3) is 10.8 Å². The van der Waals surface area contributed by atoms with Gasteiger partial charge >= 0.3 is 33.0 Å². The number of benzene rings is 2. The van der Waals surface area contributed by atoms with Crippen molar-refractivity contribution < 1.29 is 43.2 Å². The summed E-state index contributed by atoms with van der Waals surface area (Å²) in [4.78, 5) is 4.32. The summed E-state index contributed by atoms with van der Waals surface area (Å²) in [6.07, 6.45) is 2.19. The van der Waals surface area contributed by atoms with Crippen molar-refractivity contribution in [3.63, 3.8) is 0 Å². The van der Waals surface area contributed by atoms with Crippen molar-refractivity contribution in [3.05, 3.63) is 70.5 Å². The third-order valence-corrected chi connectivity index (χ3v) is 5.24. The van der Waals surface area contributed by atoms with E-state index in [0.717, 1.165) is 50.1 Å². The molecule has 12 heteroatoms. The first-order chi connectivity index (χ1) is 18.0. The Morgan fingerprint density at radius 3 is 1.23 bits per heavy atom. The molecule has 0 aromatic heterocycles. The number of isothiocyanates is 2. The Kier molecular flexibility index (Phi) is 34.6. The zero-order valence-electron chi connectivity index (χ0n) is 24.1. The van der Waals surface area contributed by atoms with E-state index >= 15 is 0 Å². The topological polar surface area (TPSA) is 121 Å². The van der Waals surface area contributed by atoms with Crippen molar-refractivity contribution >= 4 is 34.8 Å². The summed E-state index contributed by atoms with van der Waals surface area (Å²) < 4.78 is 0. The molecule has 2 rings (SSSR count). The molecule has 0 fully saturated rings. The van der Waals surface area contributed by atoms with Crippen molar-refractivity contribution in [3.8, 4) is 11.5 Å². The Morgan fingerprint density at radius 2 is 0.975 bits per heavy atom. The third-order valence-electron chi connectivity index (χ3n) is 5.24. The molecule has 0 aliphatic carbocycles. The molecule has 0 amide bonds. The van der Waals surface area contributed by atoms with E-state index in [-0.39, 0.29) is 56.6 Å². The van der Waals surface area contributed by atoms with Gasteiger partial charge in [0.15, 0.2) is 0 Å². The van der Waals surface area contributed by atoms with Gasteiger partial charge in [-0.15, -0.1) is 11.5 Å². The summed E-state index contributed by atoms with van der Waals surface area (Å²) >= 11 is 7.40. The van der Waals surface area contributed by atoms with E-state index in [1.165, 1.54) is 10.3 Å². The Balaban J connectivity index is -0.000000259. The maximum absolute atomic E-state index is 11.6. The van der Waals surface area contributed by atoms with Gasteiger partial charge in [-0.2, -0.15) is 10.3 Å². The van der Waals surface area contributed by atoms with Crippen molar-refractivity contribution in [2.24, 2.45) is 0 Å². The molecule has 2 N–H and O–H groups in total. The Labute approximate surface area is 272 Å². The van der Waals surface area contributed by atoms with E-state index in [1.54, 1.807) is 24.3 Å². The second-order valence-electron chi connectivity index (χ2n) is 8.92. The molecule has 2 aromatic rings. The van der Waals surface area contributed by atoms with E-state index < -0.39 is 0 Å². The fourth-order valence-electron chi connectivity index (χ4n) is 3.32. The second-order valence-corrected chi connectivity index (χ2v) is 9.29. The zero-order chi connectivity index (χ0) is 29.3. The predicted molar refractivity (Wildman–Crippen MR) is 163 cm³/mol. The van der Waals surface area contributed by atoms with Gasteiger partial charge in [-0.1, -0.05) is 73.0 Å². The zero-order valence-corrected chi connectivity index (χ0v) is 27.7. The van der Waals surface area contributed by atoms with Crippen LogP contribution < -0.4 is 20.8 Å². The van der Waals surface area contributed by atoms with Crippen LogP contribution >= 0.6 is 24.4 Å². The molecular formula is C28H42N6Ni2O2S2. The SMILES string of the molecule is C[C@@H](NCCCN(C)C)c1ccccc1[O-].C[C@H](NCCCN(C)C)c1ccccc1[O-].[N-]=C=S.[N-]=C=S.[Ni+2].[Ni+2]. The molecule has 0 aliphatic heterocycles. The van der Waals surface area contributed by atoms with Gasteiger partial charge in [0.05, 0.1) is 0 Å². The van der Waals surface area contributed by atoms with Crippen molar-refractivity contribution in [1.82, 2.24) is 20.4 Å². The minimum atomic E-state index is 0. The molecule has 0 unspecified atom stereocenters. The second kappa shape index (κ2) is 30.4. The van der Waals surface area contributed by atoms with E-state index in [2.05, 4.69) is 73.1 Å². The number of rotatable bonds is 12. The van der Waals surface area contributed by atoms with Gasteiger partial charge in [-0.05, 0) is 92.2 Å². The number of hydrogen-bond donors (Lipinski definition) is 2. The monoisotopic (exact) mass is 674 g/mol. The summed E-state index contributed by atoms with van der Waals surface area (Å²) in [5.41, 5.74) is 1.71. The van der Waals surface area contributed by atoms with Crippen molar-refractivity contribution in [1.29, 1.82) is 0 Å². The summed E-state index contributed by atoms with van der Waals surface area (Å²) in [7, 11) is 8.26. The maximum atomic E-state index is 11.6. The fraction of sp³-hybridized carbons (Fsp3) is 0.500. The van der Waals surface area contributed by atoms with Crippen LogP contribution in [0, 0.1) is 0 Å². The maximum Gasteiger partial charge on any atom is 2.00 e. The third kappa shape index (κ3) is 25.4. The Morgan fingerprint density at radius 1 is 0.700 bits per heavy atom. The standard InChI is InChI=1S/2C13H22N2O.2CNS.2Ni/c2*1-11(14-9-6-10-15(2)3)12-7-4-5-8-13(12)16;2*2-1-3;;/h2*4-5,7-8,11,14,16H,6,9-10H2,1-3H3;;;;/q;;2*-1;2*+2/p-2/t2*11-;;;;/m10..../s1. The van der Waals surface area contributed by atoms with Gasteiger partial charge in [-0.25, -0.2) is 0 Å². The van der Waals surface area contributed by atoms with Crippen LogP contribution in [-0.2, 0) is 33.0 Å². The summed E-state index contributed by atoms with van der Waals surface area (Å²) in [6, 6.07) is 14.7. The van der Waals surface area contributed by atoms with Gasteiger partial charge in [0.1, 0.15) is 0 Å². The van der Waals surface area contributed by atoms with Crippen LogP contribution in [-0.4, -0.2) is 74.5 Å². The molecule has 2 aromatic carbocycles. The van der Waals surface area contributed by atoms with E-state index in [0.29, 0.717) is 0 Å². The Bertz CT molecular complexity index is 867. The first kappa shape index (κ1) is 45.5. The molecule has 0 heterocycles. The number of nitrogens with one attached hydrogen (secondary N) is 2. The van der Waals surface area contributed by atoms with Crippen LogP contribution in [0.5, 0.6) is 11.5 Å². The molecule has 0 saturated heterocycles.